The van der Waals surface area contributed by atoms with E-state index in [0.29, 0.717) is 31.9 Å². The number of aliphatic carboxylic acids is 1. The van der Waals surface area contributed by atoms with Crippen LogP contribution in [0.1, 0.15) is 21.7 Å². The fraction of sp³-hybridized carbons (Fsp3) is 0.643. The van der Waals surface area contributed by atoms with Crippen molar-refractivity contribution < 1.29 is 14.7 Å². The highest BCUT2D eigenvalue weighted by molar-refractivity contribution is 5.94. The molecule has 2 aliphatic heterocycles. The average molecular weight is 307 g/mol. The summed E-state index contributed by atoms with van der Waals surface area (Å²) in [5, 5.41) is 19.4. The Bertz CT molecular complexity index is 585. The molecule has 1 aromatic heterocycles. The first-order valence-electron chi connectivity index (χ1n) is 7.53. The van der Waals surface area contributed by atoms with Crippen molar-refractivity contribution in [1.29, 1.82) is 0 Å². The molecule has 1 saturated heterocycles. The predicted octanol–water partition coefficient (Wildman–Crippen LogP) is -0.856. The number of likely N-dealkylation sites (N-methyl/N-ethyl adjacent to an activating group) is 1. The smallest absolute Gasteiger partial charge is 0.309 e. The number of rotatable bonds is 2. The summed E-state index contributed by atoms with van der Waals surface area (Å²) in [6.07, 6.45) is 0.853. The molecular formula is C14H21N5O3. The molecule has 8 nitrogen and oxygen atoms in total. The Hall–Kier alpha value is -1.93. The number of nitrogens with zero attached hydrogens (tertiary/aromatic N) is 3. The van der Waals surface area contributed by atoms with E-state index in [0.717, 1.165) is 24.2 Å². The summed E-state index contributed by atoms with van der Waals surface area (Å²) < 4.78 is 0. The Morgan fingerprint density at radius 3 is 2.95 bits per heavy atom. The third-order valence-corrected chi connectivity index (χ3v) is 4.35. The van der Waals surface area contributed by atoms with Gasteiger partial charge in [-0.05, 0) is 7.05 Å². The molecule has 8 heteroatoms. The summed E-state index contributed by atoms with van der Waals surface area (Å²) in [5.41, 5.74) is 2.40. The number of nitrogens with one attached hydrogen (secondary N) is 2. The van der Waals surface area contributed by atoms with Gasteiger partial charge in [-0.15, -0.1) is 0 Å². The van der Waals surface area contributed by atoms with E-state index in [-0.39, 0.29) is 12.5 Å². The second kappa shape index (κ2) is 6.05. The van der Waals surface area contributed by atoms with Gasteiger partial charge in [0.25, 0.3) is 5.91 Å². The molecule has 2 aliphatic rings. The van der Waals surface area contributed by atoms with Gasteiger partial charge in [-0.3, -0.25) is 14.7 Å². The van der Waals surface area contributed by atoms with Crippen molar-refractivity contribution in [2.24, 2.45) is 5.92 Å². The van der Waals surface area contributed by atoms with Gasteiger partial charge in [0.1, 0.15) is 0 Å². The van der Waals surface area contributed by atoms with Crippen LogP contribution in [0, 0.1) is 5.92 Å². The maximum atomic E-state index is 12.8. The van der Waals surface area contributed by atoms with Crippen LogP contribution < -0.4 is 5.32 Å². The molecule has 0 bridgehead atoms. The first-order chi connectivity index (χ1) is 10.6. The van der Waals surface area contributed by atoms with Crippen LogP contribution in [0.4, 0.5) is 0 Å². The van der Waals surface area contributed by atoms with Crippen molar-refractivity contribution >= 4 is 11.9 Å². The highest BCUT2D eigenvalue weighted by Crippen LogP contribution is 2.21. The standard InChI is InChI=1S/C14H21N5O3/c1-18-4-2-11-10(8-18)12(17-16-11)13(20)19-5-3-15-6-9(7-19)14(21)22/h9,15H,2-8H2,1H3,(H,16,17)(H,21,22). The number of carbonyl (C=O) groups excluding carboxylic acids is 1. The minimum Gasteiger partial charge on any atom is -0.481 e. The number of fused-ring (bicyclic) bond motifs is 1. The van der Waals surface area contributed by atoms with Crippen LogP contribution in [0.5, 0.6) is 0 Å². The van der Waals surface area contributed by atoms with Crippen LogP contribution in [0.15, 0.2) is 0 Å². The van der Waals surface area contributed by atoms with Gasteiger partial charge < -0.3 is 20.2 Å². The maximum Gasteiger partial charge on any atom is 0.309 e. The number of aromatic amines is 1. The Balaban J connectivity index is 1.81. The lowest BCUT2D eigenvalue weighted by Gasteiger charge is -2.24. The van der Waals surface area contributed by atoms with E-state index in [9.17, 15) is 14.7 Å². The van der Waals surface area contributed by atoms with Crippen LogP contribution in [0.25, 0.3) is 0 Å². The monoisotopic (exact) mass is 307 g/mol. The van der Waals surface area contributed by atoms with Gasteiger partial charge in [0.15, 0.2) is 5.69 Å². The summed E-state index contributed by atoms with van der Waals surface area (Å²) in [6, 6.07) is 0. The quantitative estimate of drug-likeness (QED) is 0.657. The van der Waals surface area contributed by atoms with Gasteiger partial charge in [0.2, 0.25) is 0 Å². The summed E-state index contributed by atoms with van der Waals surface area (Å²) in [6.45, 7) is 3.35. The van der Waals surface area contributed by atoms with Crippen LogP contribution in [-0.2, 0) is 17.8 Å². The second-order valence-corrected chi connectivity index (χ2v) is 6.01. The van der Waals surface area contributed by atoms with Gasteiger partial charge in [0, 0.05) is 56.9 Å². The Labute approximate surface area is 128 Å². The molecule has 120 valence electrons. The molecule has 1 unspecified atom stereocenters. The number of carboxylic acid groups (broad SMARTS) is 1. The molecule has 22 heavy (non-hydrogen) atoms. The minimum atomic E-state index is -0.879. The van der Waals surface area contributed by atoms with E-state index in [2.05, 4.69) is 20.4 Å². The molecular weight excluding hydrogens is 286 g/mol. The fourth-order valence-electron chi connectivity index (χ4n) is 3.02. The molecule has 0 saturated carbocycles. The van der Waals surface area contributed by atoms with Gasteiger partial charge in [-0.25, -0.2) is 0 Å². The fourth-order valence-corrected chi connectivity index (χ4v) is 3.02. The van der Waals surface area contributed by atoms with E-state index in [1.165, 1.54) is 0 Å². The Morgan fingerprint density at radius 2 is 2.18 bits per heavy atom. The maximum absolute atomic E-state index is 12.8. The Kier molecular flexibility index (Phi) is 4.12. The zero-order valence-corrected chi connectivity index (χ0v) is 12.6. The lowest BCUT2D eigenvalue weighted by molar-refractivity contribution is -0.141. The van der Waals surface area contributed by atoms with E-state index in [1.54, 1.807) is 4.90 Å². The minimum absolute atomic E-state index is 0.178. The van der Waals surface area contributed by atoms with Gasteiger partial charge in [-0.2, -0.15) is 5.10 Å². The van der Waals surface area contributed by atoms with Crippen molar-refractivity contribution in [2.75, 3.05) is 39.8 Å². The highest BCUT2D eigenvalue weighted by Gasteiger charge is 2.31. The average Bonchev–Trinajstić information content (AvgIpc) is 2.74. The number of H-pyrrole nitrogens is 1. The van der Waals surface area contributed by atoms with Crippen molar-refractivity contribution in [3.05, 3.63) is 17.0 Å². The van der Waals surface area contributed by atoms with Crippen LogP contribution >= 0.6 is 0 Å². The SMILES string of the molecule is CN1CCc2[nH]nc(C(=O)N3CCNCC(C(=O)O)C3)c2C1. The van der Waals surface area contributed by atoms with Crippen molar-refractivity contribution in [1.82, 2.24) is 25.3 Å². The van der Waals surface area contributed by atoms with E-state index in [1.807, 2.05) is 7.05 Å². The number of hydrogen-bond acceptors (Lipinski definition) is 5. The number of amides is 1. The summed E-state index contributed by atoms with van der Waals surface area (Å²) in [4.78, 5) is 27.7. The molecule has 0 radical (unpaired) electrons. The van der Waals surface area contributed by atoms with Crippen molar-refractivity contribution in [2.45, 2.75) is 13.0 Å². The second-order valence-electron chi connectivity index (χ2n) is 6.01. The molecule has 3 N–H and O–H groups in total. The van der Waals surface area contributed by atoms with Crippen LogP contribution in [0.3, 0.4) is 0 Å². The first-order valence-corrected chi connectivity index (χ1v) is 7.53. The zero-order chi connectivity index (χ0) is 15.7. The molecule has 0 spiro atoms. The molecule has 1 fully saturated rings. The van der Waals surface area contributed by atoms with E-state index >= 15 is 0 Å². The number of carboxylic acids is 1. The van der Waals surface area contributed by atoms with E-state index in [4.69, 9.17) is 0 Å². The van der Waals surface area contributed by atoms with Crippen LogP contribution in [0.2, 0.25) is 0 Å². The highest BCUT2D eigenvalue weighted by atomic mass is 16.4. The van der Waals surface area contributed by atoms with Gasteiger partial charge >= 0.3 is 5.97 Å². The first kappa shape index (κ1) is 15.0. The molecule has 1 amide bonds. The third-order valence-electron chi connectivity index (χ3n) is 4.35. The summed E-state index contributed by atoms with van der Waals surface area (Å²) in [5.74, 6) is -1.64. The molecule has 3 rings (SSSR count). The zero-order valence-electron chi connectivity index (χ0n) is 12.6. The Morgan fingerprint density at radius 1 is 1.36 bits per heavy atom. The molecule has 1 atom stereocenters. The molecule has 0 aliphatic carbocycles. The third kappa shape index (κ3) is 2.84. The summed E-state index contributed by atoms with van der Waals surface area (Å²) >= 11 is 0. The lowest BCUT2D eigenvalue weighted by Crippen LogP contribution is -2.39. The number of aromatic nitrogens is 2. The molecule has 3 heterocycles. The lowest BCUT2D eigenvalue weighted by atomic mass is 10.0. The van der Waals surface area contributed by atoms with Crippen molar-refractivity contribution in [3.63, 3.8) is 0 Å². The van der Waals surface area contributed by atoms with Gasteiger partial charge in [0.05, 0.1) is 5.92 Å². The molecule has 0 aromatic carbocycles. The van der Waals surface area contributed by atoms with Crippen molar-refractivity contribution in [3.8, 4) is 0 Å². The normalized spacial score (nSPS) is 23.0. The number of carbonyl (C=O) groups is 2. The summed E-state index contributed by atoms with van der Waals surface area (Å²) in [7, 11) is 2.01. The number of hydrogen-bond donors (Lipinski definition) is 3. The van der Waals surface area contributed by atoms with Gasteiger partial charge in [-0.1, -0.05) is 0 Å². The molecule has 1 aromatic rings. The largest absolute Gasteiger partial charge is 0.481 e. The predicted molar refractivity (Wildman–Crippen MR) is 78.5 cm³/mol. The van der Waals surface area contributed by atoms with E-state index < -0.39 is 11.9 Å². The van der Waals surface area contributed by atoms with Crippen LogP contribution in [-0.4, -0.2) is 76.8 Å². The topological polar surface area (TPSA) is 102 Å².